The van der Waals surface area contributed by atoms with Crippen LogP contribution in [0, 0.1) is 0 Å². The number of ether oxygens (including phenoxy) is 2. The van der Waals surface area contributed by atoms with Gasteiger partial charge in [0.15, 0.2) is 17.3 Å². The van der Waals surface area contributed by atoms with E-state index in [0.29, 0.717) is 13.2 Å². The molecule has 2 rings (SSSR count). The fourth-order valence-corrected chi connectivity index (χ4v) is 1.76. The number of rotatable bonds is 4. The van der Waals surface area contributed by atoms with Crippen LogP contribution in [0.15, 0.2) is 12.1 Å². The molecule has 0 atom stereocenters. The van der Waals surface area contributed by atoms with Gasteiger partial charge in [0.25, 0.3) is 6.43 Å². The van der Waals surface area contributed by atoms with Crippen molar-refractivity contribution in [2.75, 3.05) is 26.8 Å². The Hall–Kier alpha value is -1.69. The monoisotopic (exact) mass is 257 g/mol. The van der Waals surface area contributed by atoms with Gasteiger partial charge in [-0.2, -0.15) is 0 Å². The van der Waals surface area contributed by atoms with E-state index in [4.69, 9.17) is 9.47 Å². The fourth-order valence-electron chi connectivity index (χ4n) is 1.76. The Bertz CT molecular complexity index is 463. The third-order valence-electron chi connectivity index (χ3n) is 2.55. The summed E-state index contributed by atoms with van der Waals surface area (Å²) in [4.78, 5) is 11.8. The molecule has 0 fully saturated rings. The lowest BCUT2D eigenvalue weighted by atomic mass is 10.0. The predicted octanol–water partition coefficient (Wildman–Crippen LogP) is 1.80. The van der Waals surface area contributed by atoms with Gasteiger partial charge in [-0.1, -0.05) is 0 Å². The molecule has 0 amide bonds. The van der Waals surface area contributed by atoms with E-state index in [0.717, 1.165) is 6.07 Å². The van der Waals surface area contributed by atoms with Crippen molar-refractivity contribution >= 4 is 5.78 Å². The van der Waals surface area contributed by atoms with Crippen LogP contribution in [0.5, 0.6) is 11.5 Å². The van der Waals surface area contributed by atoms with Crippen LogP contribution in [0.4, 0.5) is 8.78 Å². The van der Waals surface area contributed by atoms with Crippen molar-refractivity contribution in [1.82, 2.24) is 5.32 Å². The highest BCUT2D eigenvalue weighted by molar-refractivity contribution is 6.01. The molecule has 6 heteroatoms. The van der Waals surface area contributed by atoms with E-state index < -0.39 is 6.43 Å². The molecule has 0 radical (unpaired) electrons. The zero-order valence-electron chi connectivity index (χ0n) is 9.83. The third-order valence-corrected chi connectivity index (χ3v) is 2.55. The highest BCUT2D eigenvalue weighted by Gasteiger charge is 2.24. The summed E-state index contributed by atoms with van der Waals surface area (Å²) >= 11 is 0. The number of benzene rings is 1. The number of hydrogen-bond acceptors (Lipinski definition) is 4. The number of carbonyl (C=O) groups excluding carboxylic acids is 1. The van der Waals surface area contributed by atoms with Gasteiger partial charge in [-0.05, 0) is 19.2 Å². The van der Waals surface area contributed by atoms with Gasteiger partial charge in [-0.25, -0.2) is 8.78 Å². The van der Waals surface area contributed by atoms with E-state index in [9.17, 15) is 13.6 Å². The lowest BCUT2D eigenvalue weighted by Crippen LogP contribution is -2.22. The summed E-state index contributed by atoms with van der Waals surface area (Å²) in [6.45, 7) is 0.655. The van der Waals surface area contributed by atoms with Crippen molar-refractivity contribution in [1.29, 1.82) is 0 Å². The van der Waals surface area contributed by atoms with Crippen LogP contribution < -0.4 is 14.8 Å². The first-order valence-corrected chi connectivity index (χ1v) is 5.53. The molecule has 1 aromatic rings. The van der Waals surface area contributed by atoms with E-state index in [2.05, 4.69) is 5.32 Å². The molecule has 0 saturated heterocycles. The molecule has 0 bridgehead atoms. The standard InChI is InChI=1S/C12H13F2NO3/c1-15-6-9(16)8-4-7(12(13)14)5-10-11(8)18-3-2-17-10/h4-5,12,15H,2-3,6H2,1H3. The molecule has 0 aliphatic carbocycles. The summed E-state index contributed by atoms with van der Waals surface area (Å²) in [6.07, 6.45) is -2.65. The molecule has 1 aromatic carbocycles. The molecule has 1 heterocycles. The molecule has 1 aliphatic heterocycles. The molecule has 18 heavy (non-hydrogen) atoms. The number of hydrogen-bond donors (Lipinski definition) is 1. The molecule has 98 valence electrons. The minimum atomic E-state index is -2.65. The molecule has 0 spiro atoms. The van der Waals surface area contributed by atoms with Crippen LogP contribution in [0.1, 0.15) is 22.3 Å². The Balaban J connectivity index is 2.47. The van der Waals surface area contributed by atoms with Gasteiger partial charge in [0.1, 0.15) is 13.2 Å². The molecule has 1 N–H and O–H groups in total. The summed E-state index contributed by atoms with van der Waals surface area (Å²) in [5.41, 5.74) is -0.101. The first-order valence-electron chi connectivity index (χ1n) is 5.53. The topological polar surface area (TPSA) is 47.6 Å². The highest BCUT2D eigenvalue weighted by Crippen LogP contribution is 2.37. The van der Waals surface area contributed by atoms with Gasteiger partial charge in [0, 0.05) is 5.56 Å². The summed E-state index contributed by atoms with van der Waals surface area (Å²) in [6, 6.07) is 2.38. The van der Waals surface area contributed by atoms with Gasteiger partial charge in [0.2, 0.25) is 0 Å². The molecule has 0 aromatic heterocycles. The van der Waals surface area contributed by atoms with E-state index >= 15 is 0 Å². The minimum Gasteiger partial charge on any atom is -0.486 e. The summed E-state index contributed by atoms with van der Waals surface area (Å²) in [7, 11) is 1.61. The second-order valence-corrected chi connectivity index (χ2v) is 3.85. The average Bonchev–Trinajstić information content (AvgIpc) is 2.37. The van der Waals surface area contributed by atoms with Crippen LogP contribution >= 0.6 is 0 Å². The summed E-state index contributed by atoms with van der Waals surface area (Å²) in [5.74, 6) is 0.158. The van der Waals surface area contributed by atoms with Crippen molar-refractivity contribution in [3.63, 3.8) is 0 Å². The van der Waals surface area contributed by atoms with Gasteiger partial charge in [-0.3, -0.25) is 4.79 Å². The Labute approximate surface area is 103 Å². The second kappa shape index (κ2) is 5.30. The Kier molecular flexibility index (Phi) is 3.76. The summed E-state index contributed by atoms with van der Waals surface area (Å²) < 4.78 is 36.1. The lowest BCUT2D eigenvalue weighted by molar-refractivity contribution is 0.0981. The maximum absolute atomic E-state index is 12.7. The molecule has 4 nitrogen and oxygen atoms in total. The number of likely N-dealkylation sites (N-methyl/N-ethyl adjacent to an activating group) is 1. The van der Waals surface area contributed by atoms with Crippen LogP contribution in [0.3, 0.4) is 0 Å². The first-order chi connectivity index (χ1) is 8.63. The SMILES string of the molecule is CNCC(=O)c1cc(C(F)F)cc2c1OCCO2. The maximum atomic E-state index is 12.7. The maximum Gasteiger partial charge on any atom is 0.264 e. The Morgan fingerprint density at radius 2 is 2.11 bits per heavy atom. The van der Waals surface area contributed by atoms with E-state index in [1.54, 1.807) is 7.05 Å². The number of alkyl halides is 2. The van der Waals surface area contributed by atoms with Crippen molar-refractivity contribution in [3.05, 3.63) is 23.3 Å². The quantitative estimate of drug-likeness (QED) is 0.835. The number of fused-ring (bicyclic) bond motifs is 1. The van der Waals surface area contributed by atoms with Gasteiger partial charge in [0.05, 0.1) is 12.1 Å². The largest absolute Gasteiger partial charge is 0.486 e. The Morgan fingerprint density at radius 1 is 1.39 bits per heavy atom. The Morgan fingerprint density at radius 3 is 2.78 bits per heavy atom. The van der Waals surface area contributed by atoms with Crippen LogP contribution in [0.25, 0.3) is 0 Å². The second-order valence-electron chi connectivity index (χ2n) is 3.85. The van der Waals surface area contributed by atoms with E-state index in [1.807, 2.05) is 0 Å². The van der Waals surface area contributed by atoms with Crippen molar-refractivity contribution in [2.45, 2.75) is 6.43 Å². The molecular weight excluding hydrogens is 244 g/mol. The van der Waals surface area contributed by atoms with Crippen LogP contribution in [-0.4, -0.2) is 32.6 Å². The number of Topliss-reactive ketones (excluding diaryl/α,β-unsaturated/α-hetero) is 1. The van der Waals surface area contributed by atoms with E-state index in [-0.39, 0.29) is 35.0 Å². The van der Waals surface area contributed by atoms with Gasteiger partial charge in [-0.15, -0.1) is 0 Å². The van der Waals surface area contributed by atoms with Crippen LogP contribution in [-0.2, 0) is 0 Å². The van der Waals surface area contributed by atoms with Crippen molar-refractivity contribution in [2.24, 2.45) is 0 Å². The van der Waals surface area contributed by atoms with Gasteiger partial charge < -0.3 is 14.8 Å². The van der Waals surface area contributed by atoms with E-state index in [1.165, 1.54) is 6.07 Å². The lowest BCUT2D eigenvalue weighted by Gasteiger charge is -2.21. The number of ketones is 1. The first kappa shape index (κ1) is 12.8. The predicted molar refractivity (Wildman–Crippen MR) is 60.6 cm³/mol. The fraction of sp³-hybridized carbons (Fsp3) is 0.417. The molecule has 0 unspecified atom stereocenters. The average molecular weight is 257 g/mol. The smallest absolute Gasteiger partial charge is 0.264 e. The molecule has 0 saturated carbocycles. The number of carbonyl (C=O) groups is 1. The van der Waals surface area contributed by atoms with Gasteiger partial charge >= 0.3 is 0 Å². The zero-order valence-corrected chi connectivity index (χ0v) is 9.83. The number of halogens is 2. The zero-order chi connectivity index (χ0) is 13.1. The molecule has 1 aliphatic rings. The van der Waals surface area contributed by atoms with Crippen molar-refractivity contribution < 1.29 is 23.0 Å². The van der Waals surface area contributed by atoms with Crippen molar-refractivity contribution in [3.8, 4) is 11.5 Å². The normalized spacial score (nSPS) is 13.8. The molecular formula is C12H13F2NO3. The number of nitrogens with one attached hydrogen (secondary N) is 1. The van der Waals surface area contributed by atoms with Crippen LogP contribution in [0.2, 0.25) is 0 Å². The minimum absolute atomic E-state index is 0.0580. The highest BCUT2D eigenvalue weighted by atomic mass is 19.3. The third kappa shape index (κ3) is 2.43. The summed E-state index contributed by atoms with van der Waals surface area (Å²) in [5, 5.41) is 2.69.